The highest BCUT2D eigenvalue weighted by molar-refractivity contribution is 7.47. The number of ether oxygens (including phenoxy) is 2. The second-order valence-corrected chi connectivity index (χ2v) is 11.7. The lowest BCUT2D eigenvalue weighted by Crippen LogP contribution is -2.37. The van der Waals surface area contributed by atoms with E-state index in [-0.39, 0.29) is 18.6 Å². The van der Waals surface area contributed by atoms with Gasteiger partial charge < -0.3 is 19.3 Å². The van der Waals surface area contributed by atoms with Gasteiger partial charge in [-0.3, -0.25) is 4.79 Å². The van der Waals surface area contributed by atoms with E-state index in [0.717, 1.165) is 38.1 Å². The summed E-state index contributed by atoms with van der Waals surface area (Å²) in [7, 11) is 12.1. The highest BCUT2D eigenvalue weighted by Crippen LogP contribution is 2.36. The molecule has 0 spiro atoms. The molecule has 0 N–H and O–H groups in total. The molecule has 0 fully saturated rings. The van der Waals surface area contributed by atoms with E-state index in [1.54, 1.807) is 4.90 Å². The number of rotatable bonds is 12. The molecule has 1 amide bonds. The highest BCUT2D eigenvalue weighted by atomic mass is 35.5. The molecule has 6 rings (SSSR count). The Morgan fingerprint density at radius 1 is 0.911 bits per heavy atom. The molecule has 218 valence electrons. The zero-order valence-corrected chi connectivity index (χ0v) is 26.3. The van der Waals surface area contributed by atoms with Gasteiger partial charge in [-0.25, -0.2) is 4.98 Å². The van der Waals surface area contributed by atoms with Crippen molar-refractivity contribution in [2.75, 3.05) is 36.6 Å². The van der Waals surface area contributed by atoms with Gasteiger partial charge in [-0.15, -0.1) is 21.8 Å². The first-order chi connectivity index (χ1) is 22.0. The number of anilines is 2. The molecular weight excluding hydrogens is 601 g/mol. The lowest BCUT2D eigenvalue weighted by Gasteiger charge is -2.24. The summed E-state index contributed by atoms with van der Waals surface area (Å²) in [6, 6.07) is 27.5. The maximum atomic E-state index is 12.8. The molecule has 0 bridgehead atoms. The zero-order valence-electron chi connectivity index (χ0n) is 24.8. The van der Waals surface area contributed by atoms with Crippen LogP contribution in [0.5, 0.6) is 11.5 Å². The molecule has 4 radical (unpaired) electrons. The number of hydrogen-bond acceptors (Lipinski definition) is 8. The number of aromatic nitrogens is 1. The fourth-order valence-corrected chi connectivity index (χ4v) is 5.76. The van der Waals surface area contributed by atoms with Crippen LogP contribution in [0, 0.1) is 0 Å². The van der Waals surface area contributed by atoms with Gasteiger partial charge in [0.2, 0.25) is 17.8 Å². The van der Waals surface area contributed by atoms with Crippen LogP contribution in [0.1, 0.15) is 5.56 Å². The second kappa shape index (κ2) is 14.3. The maximum absolute atomic E-state index is 12.8. The summed E-state index contributed by atoms with van der Waals surface area (Å²) in [5.41, 5.74) is 6.51. The van der Waals surface area contributed by atoms with Gasteiger partial charge in [0.05, 0.1) is 36.8 Å². The molecular formula is C31H26B4ClN5O3S. The number of alkyl halides is 1. The minimum Gasteiger partial charge on any atom is -0.454 e. The van der Waals surface area contributed by atoms with Crippen LogP contribution in [0.4, 0.5) is 22.2 Å². The Labute approximate surface area is 274 Å². The van der Waals surface area contributed by atoms with Crippen molar-refractivity contribution < 1.29 is 14.3 Å². The van der Waals surface area contributed by atoms with Crippen LogP contribution >= 0.6 is 22.9 Å². The third kappa shape index (κ3) is 7.54. The molecule has 1 aliphatic rings. The third-order valence-corrected chi connectivity index (χ3v) is 8.29. The summed E-state index contributed by atoms with van der Waals surface area (Å²) in [5.74, 6) is 0.945. The molecule has 14 heteroatoms. The fourth-order valence-electron chi connectivity index (χ4n) is 4.78. The first kappa shape index (κ1) is 30.8. The Kier molecular flexibility index (Phi) is 9.76. The van der Waals surface area contributed by atoms with Gasteiger partial charge in [0.1, 0.15) is 5.88 Å². The number of fused-ring (bicyclic) bond motifs is 2. The number of hydrogen-bond donors (Lipinski definition) is 0. The Balaban J connectivity index is 1.06. The average Bonchev–Trinajstić information content (AvgIpc) is 3.71. The number of azo groups is 1. The number of benzene rings is 4. The maximum Gasteiger partial charge on any atom is 0.242 e. The standard InChI is InChI=1S/C31H26B4ClN5O3S/c1-40(2)23-10-8-22(9-11-23)38-39-31-37-26-13-7-21(15-29(26)45-31)32-34-35-33-25-6-4-3-5-20(25)18-41(30(42)17-36)24-12-14-27-28(16-24)44-19-43-27/h3-16H,17-19H2,1-2H3. The quantitative estimate of drug-likeness (QED) is 0.0861. The topological polar surface area (TPSA) is 79.6 Å². The molecule has 2 heterocycles. The molecule has 0 saturated heterocycles. The summed E-state index contributed by atoms with van der Waals surface area (Å²) in [6.45, 7) is 0.528. The Morgan fingerprint density at radius 3 is 2.51 bits per heavy atom. The minimum absolute atomic E-state index is 0.130. The zero-order chi connectivity index (χ0) is 31.2. The van der Waals surface area contributed by atoms with Crippen LogP contribution in [0.3, 0.4) is 0 Å². The molecule has 5 aromatic rings. The molecule has 0 atom stereocenters. The van der Waals surface area contributed by atoms with Crippen LogP contribution in [-0.4, -0.2) is 66.1 Å². The molecule has 1 aliphatic heterocycles. The van der Waals surface area contributed by atoms with E-state index in [4.69, 9.17) is 21.1 Å². The summed E-state index contributed by atoms with van der Waals surface area (Å²) in [4.78, 5) is 21.2. The average molecular weight is 627 g/mol. The second-order valence-electron chi connectivity index (χ2n) is 10.4. The molecule has 45 heavy (non-hydrogen) atoms. The van der Waals surface area contributed by atoms with E-state index in [9.17, 15) is 4.79 Å². The number of carbonyl (C=O) groups is 1. The molecule has 0 aliphatic carbocycles. The van der Waals surface area contributed by atoms with Crippen LogP contribution in [-0.2, 0) is 11.3 Å². The van der Waals surface area contributed by atoms with E-state index < -0.39 is 0 Å². The molecule has 0 unspecified atom stereocenters. The van der Waals surface area contributed by atoms with Crippen LogP contribution in [0.15, 0.2) is 95.2 Å². The first-order valence-corrected chi connectivity index (χ1v) is 15.6. The first-order valence-electron chi connectivity index (χ1n) is 14.3. The number of halogens is 1. The molecule has 4 aromatic carbocycles. The Hall–Kier alpha value is -4.21. The minimum atomic E-state index is -0.198. The smallest absolute Gasteiger partial charge is 0.242 e. The molecule has 0 saturated carbocycles. The molecule has 8 nitrogen and oxygen atoms in total. The lowest BCUT2D eigenvalue weighted by molar-refractivity contribution is -0.116. The van der Waals surface area contributed by atoms with Gasteiger partial charge in [0.25, 0.3) is 0 Å². The van der Waals surface area contributed by atoms with E-state index in [1.165, 1.54) is 11.3 Å². The van der Waals surface area contributed by atoms with Crippen molar-refractivity contribution in [3.05, 3.63) is 90.5 Å². The van der Waals surface area contributed by atoms with Crippen molar-refractivity contribution in [2.45, 2.75) is 6.54 Å². The van der Waals surface area contributed by atoms with E-state index >= 15 is 0 Å². The van der Waals surface area contributed by atoms with Gasteiger partial charge in [0, 0.05) is 45.7 Å². The van der Waals surface area contributed by atoms with Crippen molar-refractivity contribution in [1.29, 1.82) is 0 Å². The van der Waals surface area contributed by atoms with Gasteiger partial charge >= 0.3 is 0 Å². The summed E-state index contributed by atoms with van der Waals surface area (Å²) in [6.07, 6.45) is 0. The SMILES string of the molecule is CN(C)c1ccc(N=Nc2nc3ccc([B][B][B][B]c4ccccc4CN(C(=O)CCl)c4ccc5c(c4)OCO5)cc3s2)cc1. The largest absolute Gasteiger partial charge is 0.454 e. The van der Waals surface area contributed by atoms with Gasteiger partial charge in [-0.1, -0.05) is 52.6 Å². The normalized spacial score (nSPS) is 11.9. The third-order valence-electron chi connectivity index (χ3n) is 7.16. The van der Waals surface area contributed by atoms with Crippen molar-refractivity contribution in [3.8, 4) is 11.5 Å². The van der Waals surface area contributed by atoms with Crippen molar-refractivity contribution in [3.63, 3.8) is 0 Å². The van der Waals surface area contributed by atoms with Gasteiger partial charge in [0.15, 0.2) is 11.5 Å². The van der Waals surface area contributed by atoms with Crippen molar-refractivity contribution in [2.24, 2.45) is 10.2 Å². The number of nitrogens with zero attached hydrogens (tertiary/aromatic N) is 5. The fraction of sp³-hybridized carbons (Fsp3) is 0.161. The van der Waals surface area contributed by atoms with Crippen LogP contribution in [0.2, 0.25) is 0 Å². The molecule has 1 aromatic heterocycles. The lowest BCUT2D eigenvalue weighted by atomic mass is 9.06. The monoisotopic (exact) mass is 627 g/mol. The Bertz CT molecular complexity index is 1840. The van der Waals surface area contributed by atoms with E-state index in [0.29, 0.717) is 28.9 Å². The van der Waals surface area contributed by atoms with Gasteiger partial charge in [-0.2, -0.15) is 0 Å². The van der Waals surface area contributed by atoms with Crippen molar-refractivity contribution in [1.82, 2.24) is 4.98 Å². The summed E-state index contributed by atoms with van der Waals surface area (Å²) < 4.78 is 12.0. The predicted molar refractivity (Wildman–Crippen MR) is 188 cm³/mol. The van der Waals surface area contributed by atoms with E-state index in [2.05, 4.69) is 21.3 Å². The highest BCUT2D eigenvalue weighted by Gasteiger charge is 2.21. The summed E-state index contributed by atoms with van der Waals surface area (Å²) in [5, 5.41) is 9.31. The summed E-state index contributed by atoms with van der Waals surface area (Å²) >= 11 is 7.49. The van der Waals surface area contributed by atoms with Crippen molar-refractivity contribution >= 4 is 101 Å². The van der Waals surface area contributed by atoms with Crippen LogP contribution < -0.4 is 30.2 Å². The predicted octanol–water partition coefficient (Wildman–Crippen LogP) is 4.79. The number of amides is 1. The Morgan fingerprint density at radius 2 is 1.69 bits per heavy atom. The number of carbonyl (C=O) groups excluding carboxylic acids is 1. The van der Waals surface area contributed by atoms with Crippen LogP contribution in [0.25, 0.3) is 10.2 Å². The van der Waals surface area contributed by atoms with E-state index in [1.807, 2.05) is 126 Å². The van der Waals surface area contributed by atoms with Gasteiger partial charge in [-0.05, 0) is 54.1 Å². The number of thiazole rings is 1.